The first-order chi connectivity index (χ1) is 11.7. The van der Waals surface area contributed by atoms with Crippen LogP contribution in [0.5, 0.6) is 5.75 Å². The smallest absolute Gasteiger partial charge is 0.338 e. The molecular weight excluding hydrogens is 350 g/mol. The van der Waals surface area contributed by atoms with Crippen LogP contribution in [0.4, 0.5) is 0 Å². The zero-order valence-electron chi connectivity index (χ0n) is 14.3. The predicted octanol–water partition coefficient (Wildman–Crippen LogP) is 1.21. The van der Waals surface area contributed by atoms with Gasteiger partial charge in [0.15, 0.2) is 0 Å². The van der Waals surface area contributed by atoms with Crippen LogP contribution in [-0.4, -0.2) is 56.6 Å². The Labute approximate surface area is 146 Å². The number of methoxy groups -OCH3 is 1. The monoisotopic (exact) mass is 371 g/mol. The fraction of sp³-hybridized carbons (Fsp3) is 0.500. The van der Waals surface area contributed by atoms with Crippen molar-refractivity contribution >= 4 is 22.0 Å². The van der Waals surface area contributed by atoms with E-state index in [2.05, 4.69) is 0 Å². The predicted molar refractivity (Wildman–Crippen MR) is 88.0 cm³/mol. The van der Waals surface area contributed by atoms with Gasteiger partial charge in [-0.05, 0) is 31.0 Å². The van der Waals surface area contributed by atoms with E-state index in [0.717, 1.165) is 4.31 Å². The van der Waals surface area contributed by atoms with Gasteiger partial charge in [0, 0.05) is 13.1 Å². The van der Waals surface area contributed by atoms with Gasteiger partial charge >= 0.3 is 11.9 Å². The lowest BCUT2D eigenvalue weighted by Crippen LogP contribution is -2.30. The van der Waals surface area contributed by atoms with Gasteiger partial charge in [-0.15, -0.1) is 0 Å². The molecule has 0 unspecified atom stereocenters. The summed E-state index contributed by atoms with van der Waals surface area (Å²) in [6.45, 7) is 3.48. The van der Waals surface area contributed by atoms with Crippen LogP contribution < -0.4 is 4.74 Å². The highest BCUT2D eigenvalue weighted by atomic mass is 32.2. The molecule has 1 heterocycles. The molecule has 0 aromatic heterocycles. The Bertz CT molecular complexity index is 775. The van der Waals surface area contributed by atoms with E-state index in [1.807, 2.05) is 0 Å². The summed E-state index contributed by atoms with van der Waals surface area (Å²) >= 11 is 0. The van der Waals surface area contributed by atoms with Gasteiger partial charge < -0.3 is 14.6 Å². The Morgan fingerprint density at radius 2 is 2.00 bits per heavy atom. The van der Waals surface area contributed by atoms with Gasteiger partial charge in [0.05, 0.1) is 25.2 Å². The molecule has 0 aliphatic carbocycles. The molecule has 2 atom stereocenters. The highest BCUT2D eigenvalue weighted by molar-refractivity contribution is 7.89. The number of esters is 1. The molecule has 0 bridgehead atoms. The van der Waals surface area contributed by atoms with Gasteiger partial charge in [0.1, 0.15) is 10.6 Å². The van der Waals surface area contributed by atoms with Crippen molar-refractivity contribution in [2.75, 3.05) is 26.8 Å². The van der Waals surface area contributed by atoms with Crippen molar-refractivity contribution in [3.8, 4) is 5.75 Å². The first kappa shape index (κ1) is 19.2. The summed E-state index contributed by atoms with van der Waals surface area (Å²) in [4.78, 5) is 23.0. The van der Waals surface area contributed by atoms with Crippen molar-refractivity contribution in [1.82, 2.24) is 4.31 Å². The molecule has 9 heteroatoms. The zero-order chi connectivity index (χ0) is 18.8. The first-order valence-electron chi connectivity index (χ1n) is 7.80. The molecule has 0 amide bonds. The number of carbonyl (C=O) groups excluding carboxylic acids is 1. The minimum absolute atomic E-state index is 0.0828. The third-order valence-corrected chi connectivity index (χ3v) is 6.04. The lowest BCUT2D eigenvalue weighted by molar-refractivity contribution is -0.142. The zero-order valence-corrected chi connectivity index (χ0v) is 15.1. The van der Waals surface area contributed by atoms with E-state index in [0.29, 0.717) is 0 Å². The largest absolute Gasteiger partial charge is 0.495 e. The Kier molecular flexibility index (Phi) is 5.69. The summed E-state index contributed by atoms with van der Waals surface area (Å²) in [7, 11) is -2.69. The first-order valence-corrected chi connectivity index (χ1v) is 9.24. The van der Waals surface area contributed by atoms with Gasteiger partial charge in [-0.25, -0.2) is 13.2 Å². The van der Waals surface area contributed by atoms with Crippen molar-refractivity contribution in [3.05, 3.63) is 23.8 Å². The van der Waals surface area contributed by atoms with E-state index < -0.39 is 27.9 Å². The van der Waals surface area contributed by atoms with Crippen LogP contribution in [0.25, 0.3) is 0 Å². The maximum Gasteiger partial charge on any atom is 0.338 e. The minimum atomic E-state index is -4.01. The number of sulfonamides is 1. The molecule has 1 aromatic carbocycles. The number of ether oxygens (including phenoxy) is 2. The summed E-state index contributed by atoms with van der Waals surface area (Å²) < 4.78 is 37.0. The van der Waals surface area contributed by atoms with Crippen molar-refractivity contribution in [2.45, 2.75) is 18.7 Å². The lowest BCUT2D eigenvalue weighted by atomic mass is 9.99. The molecule has 0 spiro atoms. The van der Waals surface area contributed by atoms with Crippen LogP contribution in [0.1, 0.15) is 24.2 Å². The number of nitrogens with zero attached hydrogens (tertiary/aromatic N) is 1. The van der Waals surface area contributed by atoms with Crippen LogP contribution in [0.2, 0.25) is 0 Å². The van der Waals surface area contributed by atoms with Crippen LogP contribution in [0, 0.1) is 11.8 Å². The average Bonchev–Trinajstić information content (AvgIpc) is 2.97. The van der Waals surface area contributed by atoms with E-state index in [1.54, 1.807) is 13.8 Å². The lowest BCUT2D eigenvalue weighted by Gasteiger charge is -2.18. The topological polar surface area (TPSA) is 110 Å². The Hall–Kier alpha value is -2.13. The second kappa shape index (κ2) is 7.40. The van der Waals surface area contributed by atoms with E-state index in [-0.39, 0.29) is 41.8 Å². The number of benzene rings is 1. The second-order valence-electron chi connectivity index (χ2n) is 5.83. The molecule has 1 aliphatic heterocycles. The molecule has 1 aliphatic rings. The minimum Gasteiger partial charge on any atom is -0.495 e. The van der Waals surface area contributed by atoms with Gasteiger partial charge in [-0.2, -0.15) is 4.31 Å². The molecule has 0 saturated carbocycles. The van der Waals surface area contributed by atoms with E-state index in [4.69, 9.17) is 9.47 Å². The highest BCUT2D eigenvalue weighted by Gasteiger charge is 2.41. The van der Waals surface area contributed by atoms with E-state index >= 15 is 0 Å². The maximum atomic E-state index is 13.0. The number of rotatable bonds is 6. The molecule has 0 radical (unpaired) electrons. The third-order valence-electron chi connectivity index (χ3n) is 4.19. The molecule has 1 fully saturated rings. The van der Waals surface area contributed by atoms with Gasteiger partial charge in [-0.3, -0.25) is 4.79 Å². The Balaban J connectivity index is 2.43. The normalized spacial score (nSPS) is 21.1. The van der Waals surface area contributed by atoms with E-state index in [1.165, 1.54) is 25.3 Å². The van der Waals surface area contributed by atoms with Crippen LogP contribution in [0.15, 0.2) is 23.1 Å². The number of hydrogen-bond acceptors (Lipinski definition) is 6. The molecule has 8 nitrogen and oxygen atoms in total. The highest BCUT2D eigenvalue weighted by Crippen LogP contribution is 2.33. The van der Waals surface area contributed by atoms with Crippen LogP contribution in [-0.2, 0) is 19.6 Å². The average molecular weight is 371 g/mol. The van der Waals surface area contributed by atoms with Crippen molar-refractivity contribution < 1.29 is 32.6 Å². The molecule has 1 saturated heterocycles. The second-order valence-corrected chi connectivity index (χ2v) is 7.74. The van der Waals surface area contributed by atoms with Gasteiger partial charge in [0.2, 0.25) is 10.0 Å². The molecular formula is C16H21NO7S. The SMILES string of the molecule is CCOC(=O)c1ccc(OC)c(S(=O)(=O)N2C[C@@H](C)[C@H](C(=O)O)C2)c1. The Morgan fingerprint density at radius 3 is 2.52 bits per heavy atom. The summed E-state index contributed by atoms with van der Waals surface area (Å²) in [5, 5.41) is 9.21. The Morgan fingerprint density at radius 1 is 1.32 bits per heavy atom. The maximum absolute atomic E-state index is 13.0. The van der Waals surface area contributed by atoms with Gasteiger partial charge in [0.25, 0.3) is 0 Å². The fourth-order valence-electron chi connectivity index (χ4n) is 2.80. The third kappa shape index (κ3) is 3.77. The number of carboxylic acids is 1. The van der Waals surface area contributed by atoms with Crippen molar-refractivity contribution in [3.63, 3.8) is 0 Å². The number of aliphatic carboxylic acids is 1. The molecule has 2 rings (SSSR count). The number of carbonyl (C=O) groups is 2. The quantitative estimate of drug-likeness (QED) is 0.748. The number of hydrogen-bond donors (Lipinski definition) is 1. The molecule has 25 heavy (non-hydrogen) atoms. The summed E-state index contributed by atoms with van der Waals surface area (Å²) in [5.74, 6) is -2.67. The summed E-state index contributed by atoms with van der Waals surface area (Å²) in [6.07, 6.45) is 0. The van der Waals surface area contributed by atoms with Crippen molar-refractivity contribution in [2.24, 2.45) is 11.8 Å². The van der Waals surface area contributed by atoms with Crippen LogP contribution >= 0.6 is 0 Å². The summed E-state index contributed by atoms with van der Waals surface area (Å²) in [5.41, 5.74) is 0.0863. The standard InChI is InChI=1S/C16H21NO7S/c1-4-24-16(20)11-5-6-13(23-3)14(7-11)25(21,22)17-8-10(2)12(9-17)15(18)19/h5-7,10,12H,4,8-9H2,1-3H3,(H,18,19)/t10-,12-/m1/s1. The molecule has 138 valence electrons. The molecule has 1 aromatic rings. The summed E-state index contributed by atoms with van der Waals surface area (Å²) in [6, 6.07) is 4.00. The van der Waals surface area contributed by atoms with Gasteiger partial charge in [-0.1, -0.05) is 6.92 Å². The number of carboxylic acid groups (broad SMARTS) is 1. The van der Waals surface area contributed by atoms with Crippen LogP contribution in [0.3, 0.4) is 0 Å². The molecule has 1 N–H and O–H groups in total. The fourth-order valence-corrected chi connectivity index (χ4v) is 4.55. The van der Waals surface area contributed by atoms with E-state index in [9.17, 15) is 23.1 Å². The van der Waals surface area contributed by atoms with Crippen molar-refractivity contribution in [1.29, 1.82) is 0 Å².